The fraction of sp³-hybridized carbons (Fsp3) is 0.500. The maximum Gasteiger partial charge on any atom is 0.191 e. The van der Waals surface area contributed by atoms with Gasteiger partial charge in [0.2, 0.25) is 0 Å². The van der Waals surface area contributed by atoms with Crippen LogP contribution in [-0.2, 0) is 16.0 Å². The number of hydrogen-bond donors (Lipinski definition) is 2. The fourth-order valence-electron chi connectivity index (χ4n) is 2.49. The van der Waals surface area contributed by atoms with Crippen LogP contribution in [0.1, 0.15) is 25.3 Å². The van der Waals surface area contributed by atoms with Crippen LogP contribution in [0.3, 0.4) is 0 Å². The van der Waals surface area contributed by atoms with Gasteiger partial charge < -0.3 is 24.7 Å². The zero-order valence-electron chi connectivity index (χ0n) is 17.1. The molecule has 0 radical (unpaired) electrons. The van der Waals surface area contributed by atoms with Gasteiger partial charge in [0.25, 0.3) is 0 Å². The van der Waals surface area contributed by atoms with Crippen molar-refractivity contribution in [2.45, 2.75) is 26.3 Å². The number of ether oxygens (including phenoxy) is 2. The molecule has 0 bridgehead atoms. The summed E-state index contributed by atoms with van der Waals surface area (Å²) in [6.07, 6.45) is 7.12. The van der Waals surface area contributed by atoms with Crippen molar-refractivity contribution in [2.24, 2.45) is 4.99 Å². The SMILES string of the molecule is CCCCOCCOCCNC(=NC)NCc1ccc(-n2ccnc2)c(F)c1.I. The molecular formula is C20H31FIN5O2. The molecule has 2 aromatic rings. The average Bonchev–Trinajstić information content (AvgIpc) is 3.23. The van der Waals surface area contributed by atoms with E-state index in [1.54, 1.807) is 36.4 Å². The third-order valence-electron chi connectivity index (χ3n) is 4.03. The number of unbranched alkanes of at least 4 members (excludes halogenated alkanes) is 1. The standard InChI is InChI=1S/C20H30FN5O2.HI/c1-3-4-10-27-12-13-28-11-8-24-20(22-2)25-15-17-5-6-19(18(21)14-17)26-9-7-23-16-26;/h5-7,9,14,16H,3-4,8,10-13,15H2,1-2H3,(H2,22,24,25);1H. The van der Waals surface area contributed by atoms with Crippen LogP contribution < -0.4 is 10.6 Å². The summed E-state index contributed by atoms with van der Waals surface area (Å²) >= 11 is 0. The van der Waals surface area contributed by atoms with Crippen LogP contribution in [0.2, 0.25) is 0 Å². The van der Waals surface area contributed by atoms with Crippen molar-refractivity contribution in [3.05, 3.63) is 48.3 Å². The second kappa shape index (κ2) is 15.2. The lowest BCUT2D eigenvalue weighted by Gasteiger charge is -2.13. The summed E-state index contributed by atoms with van der Waals surface area (Å²) in [4.78, 5) is 8.10. The minimum absolute atomic E-state index is 0. The highest BCUT2D eigenvalue weighted by Crippen LogP contribution is 2.14. The van der Waals surface area contributed by atoms with Gasteiger partial charge in [0.1, 0.15) is 5.82 Å². The van der Waals surface area contributed by atoms with Crippen molar-refractivity contribution in [2.75, 3.05) is 40.0 Å². The van der Waals surface area contributed by atoms with Gasteiger partial charge in [-0.05, 0) is 24.1 Å². The van der Waals surface area contributed by atoms with Gasteiger partial charge in [0.05, 0.1) is 31.8 Å². The normalized spacial score (nSPS) is 11.2. The van der Waals surface area contributed by atoms with Gasteiger partial charge in [-0.3, -0.25) is 4.99 Å². The molecule has 2 N–H and O–H groups in total. The maximum atomic E-state index is 14.3. The lowest BCUT2D eigenvalue weighted by atomic mass is 10.2. The van der Waals surface area contributed by atoms with E-state index in [2.05, 4.69) is 27.5 Å². The minimum atomic E-state index is -0.296. The van der Waals surface area contributed by atoms with Gasteiger partial charge in [-0.1, -0.05) is 19.4 Å². The fourth-order valence-corrected chi connectivity index (χ4v) is 2.49. The van der Waals surface area contributed by atoms with Crippen molar-refractivity contribution in [1.29, 1.82) is 0 Å². The first-order chi connectivity index (χ1) is 13.7. The van der Waals surface area contributed by atoms with Crippen molar-refractivity contribution in [3.63, 3.8) is 0 Å². The van der Waals surface area contributed by atoms with E-state index in [0.717, 1.165) is 25.0 Å². The van der Waals surface area contributed by atoms with Crippen LogP contribution in [0, 0.1) is 5.82 Å². The van der Waals surface area contributed by atoms with E-state index in [1.165, 1.54) is 6.07 Å². The first kappa shape index (κ1) is 25.3. The van der Waals surface area contributed by atoms with Crippen molar-refractivity contribution >= 4 is 29.9 Å². The van der Waals surface area contributed by atoms with E-state index < -0.39 is 0 Å². The second-order valence-corrected chi connectivity index (χ2v) is 6.19. The number of imidazole rings is 1. The number of nitrogens with zero attached hydrogens (tertiary/aromatic N) is 3. The summed E-state index contributed by atoms with van der Waals surface area (Å²) in [5.74, 6) is 0.344. The Bertz CT molecular complexity index is 713. The summed E-state index contributed by atoms with van der Waals surface area (Å²) in [6.45, 7) is 5.78. The molecule has 0 saturated carbocycles. The lowest BCUT2D eigenvalue weighted by Crippen LogP contribution is -2.38. The van der Waals surface area contributed by atoms with E-state index in [9.17, 15) is 4.39 Å². The van der Waals surface area contributed by atoms with Crippen molar-refractivity contribution in [3.8, 4) is 5.69 Å². The van der Waals surface area contributed by atoms with E-state index in [4.69, 9.17) is 9.47 Å². The third kappa shape index (κ3) is 9.55. The molecule has 162 valence electrons. The van der Waals surface area contributed by atoms with Crippen LogP contribution in [-0.4, -0.2) is 55.5 Å². The number of halogens is 2. The van der Waals surface area contributed by atoms with Gasteiger partial charge in [-0.15, -0.1) is 24.0 Å². The van der Waals surface area contributed by atoms with Crippen molar-refractivity contribution in [1.82, 2.24) is 20.2 Å². The highest BCUT2D eigenvalue weighted by Gasteiger charge is 2.06. The van der Waals surface area contributed by atoms with Gasteiger partial charge in [-0.25, -0.2) is 9.37 Å². The number of nitrogens with one attached hydrogen (secondary N) is 2. The summed E-state index contributed by atoms with van der Waals surface area (Å²) < 4.78 is 26.9. The molecule has 0 aliphatic rings. The Morgan fingerprint density at radius 3 is 2.62 bits per heavy atom. The van der Waals surface area contributed by atoms with Gasteiger partial charge in [0, 0.05) is 39.1 Å². The highest BCUT2D eigenvalue weighted by molar-refractivity contribution is 14.0. The topological polar surface area (TPSA) is 72.7 Å². The molecule has 1 aromatic carbocycles. The third-order valence-corrected chi connectivity index (χ3v) is 4.03. The monoisotopic (exact) mass is 519 g/mol. The molecule has 0 fully saturated rings. The van der Waals surface area contributed by atoms with Crippen LogP contribution >= 0.6 is 24.0 Å². The molecule has 0 unspecified atom stereocenters. The molecule has 29 heavy (non-hydrogen) atoms. The summed E-state index contributed by atoms with van der Waals surface area (Å²) in [5.41, 5.74) is 1.30. The molecule has 0 atom stereocenters. The Balaban J connectivity index is 0.00000420. The summed E-state index contributed by atoms with van der Waals surface area (Å²) in [6, 6.07) is 5.12. The molecule has 0 saturated heterocycles. The Kier molecular flexibility index (Phi) is 13.2. The highest BCUT2D eigenvalue weighted by atomic mass is 127. The summed E-state index contributed by atoms with van der Waals surface area (Å²) in [5, 5.41) is 6.33. The quantitative estimate of drug-likeness (QED) is 0.195. The van der Waals surface area contributed by atoms with Crippen molar-refractivity contribution < 1.29 is 13.9 Å². The van der Waals surface area contributed by atoms with Crippen LogP contribution in [0.5, 0.6) is 0 Å². The smallest absolute Gasteiger partial charge is 0.191 e. The van der Waals surface area contributed by atoms with Crippen LogP contribution in [0.15, 0.2) is 41.9 Å². The average molecular weight is 519 g/mol. The molecule has 9 heteroatoms. The minimum Gasteiger partial charge on any atom is -0.379 e. The summed E-state index contributed by atoms with van der Waals surface area (Å²) in [7, 11) is 1.69. The molecule has 1 heterocycles. The van der Waals surface area contributed by atoms with E-state index in [-0.39, 0.29) is 29.8 Å². The molecule has 1 aromatic heterocycles. The zero-order chi connectivity index (χ0) is 20.0. The Morgan fingerprint density at radius 2 is 1.97 bits per heavy atom. The first-order valence-corrected chi connectivity index (χ1v) is 9.61. The Morgan fingerprint density at radius 1 is 1.17 bits per heavy atom. The molecule has 0 aliphatic carbocycles. The lowest BCUT2D eigenvalue weighted by molar-refractivity contribution is 0.0487. The maximum absolute atomic E-state index is 14.3. The van der Waals surface area contributed by atoms with Gasteiger partial charge in [-0.2, -0.15) is 0 Å². The number of aliphatic imine (C=N–C) groups is 1. The first-order valence-electron chi connectivity index (χ1n) is 9.61. The van der Waals surface area contributed by atoms with Gasteiger partial charge in [0.15, 0.2) is 5.96 Å². The van der Waals surface area contributed by atoms with Crippen LogP contribution in [0.4, 0.5) is 4.39 Å². The Labute approximate surface area is 189 Å². The zero-order valence-corrected chi connectivity index (χ0v) is 19.4. The largest absolute Gasteiger partial charge is 0.379 e. The van der Waals surface area contributed by atoms with E-state index in [1.807, 2.05) is 6.07 Å². The second-order valence-electron chi connectivity index (χ2n) is 6.19. The van der Waals surface area contributed by atoms with Crippen LogP contribution in [0.25, 0.3) is 5.69 Å². The molecular weight excluding hydrogens is 488 g/mol. The van der Waals surface area contributed by atoms with E-state index >= 15 is 0 Å². The van der Waals surface area contributed by atoms with Gasteiger partial charge >= 0.3 is 0 Å². The molecule has 0 aliphatic heterocycles. The predicted molar refractivity (Wildman–Crippen MR) is 124 cm³/mol. The number of guanidine groups is 1. The Hall–Kier alpha value is -1.72. The molecule has 0 spiro atoms. The number of rotatable bonds is 12. The number of aromatic nitrogens is 2. The number of hydrogen-bond acceptors (Lipinski definition) is 4. The molecule has 2 rings (SSSR count). The molecule has 0 amide bonds. The van der Waals surface area contributed by atoms with E-state index in [0.29, 0.717) is 44.6 Å². The molecule has 7 nitrogen and oxygen atoms in total. The number of benzene rings is 1. The predicted octanol–water partition coefficient (Wildman–Crippen LogP) is 3.13.